The Morgan fingerprint density at radius 3 is 2.39 bits per heavy atom. The molecule has 1 aliphatic heterocycles. The first-order chi connectivity index (χ1) is 15.9. The molecule has 1 aliphatic rings. The number of nitrogens with zero attached hydrogens (tertiary/aromatic N) is 1. The molecule has 1 heterocycles. The highest BCUT2D eigenvalue weighted by atomic mass is 16.6. The summed E-state index contributed by atoms with van der Waals surface area (Å²) in [7, 11) is 3.10. The van der Waals surface area contributed by atoms with Crippen molar-refractivity contribution in [1.82, 2.24) is 0 Å². The van der Waals surface area contributed by atoms with E-state index in [1.165, 1.54) is 12.1 Å². The molecule has 8 heteroatoms. The van der Waals surface area contributed by atoms with E-state index in [2.05, 4.69) is 0 Å². The van der Waals surface area contributed by atoms with Crippen LogP contribution in [0, 0.1) is 17.0 Å². The van der Waals surface area contributed by atoms with Crippen molar-refractivity contribution in [2.75, 3.05) is 14.2 Å². The summed E-state index contributed by atoms with van der Waals surface area (Å²) in [5.41, 5.74) is 2.75. The van der Waals surface area contributed by atoms with Gasteiger partial charge < -0.3 is 18.9 Å². The van der Waals surface area contributed by atoms with Crippen molar-refractivity contribution in [2.24, 2.45) is 0 Å². The van der Waals surface area contributed by atoms with Gasteiger partial charge in [-0.25, -0.2) is 0 Å². The van der Waals surface area contributed by atoms with Crippen LogP contribution in [0.5, 0.6) is 23.0 Å². The monoisotopic (exact) mass is 447 g/mol. The van der Waals surface area contributed by atoms with Crippen LogP contribution in [0.15, 0.2) is 60.4 Å². The number of nitro groups is 1. The van der Waals surface area contributed by atoms with Gasteiger partial charge in [-0.2, -0.15) is 0 Å². The maximum atomic E-state index is 12.9. The van der Waals surface area contributed by atoms with Gasteiger partial charge in [-0.3, -0.25) is 14.9 Å². The van der Waals surface area contributed by atoms with E-state index in [9.17, 15) is 14.9 Å². The van der Waals surface area contributed by atoms with Crippen LogP contribution in [0.3, 0.4) is 0 Å². The van der Waals surface area contributed by atoms with Gasteiger partial charge in [-0.15, -0.1) is 0 Å². The number of Topliss-reactive ketones (excluding diaryl/α,β-unsaturated/α-hetero) is 1. The van der Waals surface area contributed by atoms with Crippen LogP contribution < -0.4 is 18.9 Å². The molecular formula is C25H21NO7. The van der Waals surface area contributed by atoms with Crippen molar-refractivity contribution in [2.45, 2.75) is 13.5 Å². The zero-order valence-electron chi connectivity index (χ0n) is 18.3. The molecule has 3 aromatic rings. The molecule has 168 valence electrons. The normalized spacial score (nSPS) is 13.4. The standard InChI is InChI=1S/C25H21NO7/c1-15-10-19(32-14-16-4-7-18(8-5-16)26(28)29)13-22-24(15)25(27)23(33-22)12-17-6-9-20(30-2)21(11-17)31-3/h4-13H,14H2,1-3H3/b23-12-. The SMILES string of the molecule is COc1ccc(/C=C2\Oc3cc(OCc4ccc([N+](=O)[O-])cc4)cc(C)c3C2=O)cc1OC. The Kier molecular flexibility index (Phi) is 5.99. The molecule has 0 aliphatic carbocycles. The summed E-state index contributed by atoms with van der Waals surface area (Å²) in [5.74, 6) is 2.09. The van der Waals surface area contributed by atoms with Gasteiger partial charge in [0, 0.05) is 18.2 Å². The smallest absolute Gasteiger partial charge is 0.269 e. The molecule has 0 aromatic heterocycles. The number of aryl methyl sites for hydroxylation is 1. The van der Waals surface area contributed by atoms with E-state index >= 15 is 0 Å². The summed E-state index contributed by atoms with van der Waals surface area (Å²) in [4.78, 5) is 23.3. The number of hydrogen-bond acceptors (Lipinski definition) is 7. The number of carbonyl (C=O) groups is 1. The number of ketones is 1. The van der Waals surface area contributed by atoms with Crippen LogP contribution >= 0.6 is 0 Å². The van der Waals surface area contributed by atoms with Crippen molar-refractivity contribution in [1.29, 1.82) is 0 Å². The van der Waals surface area contributed by atoms with Gasteiger partial charge in [0.1, 0.15) is 18.1 Å². The van der Waals surface area contributed by atoms with E-state index in [0.29, 0.717) is 28.6 Å². The van der Waals surface area contributed by atoms with Gasteiger partial charge >= 0.3 is 0 Å². The summed E-state index contributed by atoms with van der Waals surface area (Å²) in [6.45, 7) is 2.04. The Morgan fingerprint density at radius 2 is 1.73 bits per heavy atom. The van der Waals surface area contributed by atoms with Gasteiger partial charge in [-0.1, -0.05) is 6.07 Å². The number of allylic oxidation sites excluding steroid dienone is 1. The van der Waals surface area contributed by atoms with Gasteiger partial charge in [-0.05, 0) is 60.0 Å². The summed E-state index contributed by atoms with van der Waals surface area (Å²) >= 11 is 0. The molecule has 0 spiro atoms. The van der Waals surface area contributed by atoms with E-state index in [-0.39, 0.29) is 23.8 Å². The highest BCUT2D eigenvalue weighted by Crippen LogP contribution is 2.38. The Bertz CT molecular complexity index is 1260. The Labute approximate surface area is 190 Å². The lowest BCUT2D eigenvalue weighted by Crippen LogP contribution is -2.00. The van der Waals surface area contributed by atoms with E-state index in [1.54, 1.807) is 62.8 Å². The van der Waals surface area contributed by atoms with E-state index in [1.807, 2.05) is 6.92 Å². The van der Waals surface area contributed by atoms with E-state index in [0.717, 1.165) is 16.7 Å². The lowest BCUT2D eigenvalue weighted by atomic mass is 10.0. The number of nitro benzene ring substituents is 1. The lowest BCUT2D eigenvalue weighted by Gasteiger charge is -2.09. The van der Waals surface area contributed by atoms with Crippen molar-refractivity contribution >= 4 is 17.5 Å². The van der Waals surface area contributed by atoms with Crippen molar-refractivity contribution in [3.63, 3.8) is 0 Å². The first kappa shape index (κ1) is 21.9. The number of hydrogen-bond donors (Lipinski definition) is 0. The Morgan fingerprint density at radius 1 is 1.00 bits per heavy atom. The zero-order valence-corrected chi connectivity index (χ0v) is 18.3. The number of methoxy groups -OCH3 is 2. The first-order valence-electron chi connectivity index (χ1n) is 10.1. The second kappa shape index (κ2) is 9.04. The molecule has 0 radical (unpaired) electrons. The molecule has 0 amide bonds. The number of carbonyl (C=O) groups excluding carboxylic acids is 1. The molecule has 0 fully saturated rings. The van der Waals surface area contributed by atoms with Crippen LogP contribution in [0.25, 0.3) is 6.08 Å². The third-order valence-electron chi connectivity index (χ3n) is 5.20. The molecular weight excluding hydrogens is 426 g/mol. The van der Waals surface area contributed by atoms with E-state index in [4.69, 9.17) is 18.9 Å². The average molecular weight is 447 g/mol. The van der Waals surface area contributed by atoms with Crippen LogP contribution in [0.4, 0.5) is 5.69 Å². The topological polar surface area (TPSA) is 97.1 Å². The minimum Gasteiger partial charge on any atom is -0.493 e. The van der Waals surface area contributed by atoms with Crippen molar-refractivity contribution in [3.8, 4) is 23.0 Å². The van der Waals surface area contributed by atoms with Crippen LogP contribution in [0.2, 0.25) is 0 Å². The highest BCUT2D eigenvalue weighted by molar-refractivity contribution is 6.15. The van der Waals surface area contributed by atoms with Crippen molar-refractivity contribution < 1.29 is 28.7 Å². The molecule has 0 atom stereocenters. The fourth-order valence-corrected chi connectivity index (χ4v) is 3.54. The molecule has 0 saturated heterocycles. The second-order valence-electron chi connectivity index (χ2n) is 7.38. The molecule has 8 nitrogen and oxygen atoms in total. The summed E-state index contributed by atoms with van der Waals surface area (Å²) in [6, 6.07) is 14.9. The molecule has 0 bridgehead atoms. The zero-order chi connectivity index (χ0) is 23.5. The third-order valence-corrected chi connectivity index (χ3v) is 5.20. The molecule has 3 aromatic carbocycles. The quantitative estimate of drug-likeness (QED) is 0.282. The first-order valence-corrected chi connectivity index (χ1v) is 10.1. The van der Waals surface area contributed by atoms with Crippen LogP contribution in [0.1, 0.15) is 27.0 Å². The maximum Gasteiger partial charge on any atom is 0.269 e. The molecule has 4 rings (SSSR count). The second-order valence-corrected chi connectivity index (χ2v) is 7.38. The lowest BCUT2D eigenvalue weighted by molar-refractivity contribution is -0.384. The molecule has 0 unspecified atom stereocenters. The highest BCUT2D eigenvalue weighted by Gasteiger charge is 2.30. The summed E-state index contributed by atoms with van der Waals surface area (Å²) in [6.07, 6.45) is 1.65. The minimum absolute atomic E-state index is 0.0211. The predicted octanol–water partition coefficient (Wildman–Crippen LogP) is 5.12. The number of non-ortho nitro benzene ring substituents is 1. The Hall–Kier alpha value is -4.33. The minimum atomic E-state index is -0.448. The van der Waals surface area contributed by atoms with E-state index < -0.39 is 4.92 Å². The fraction of sp³-hybridized carbons (Fsp3) is 0.160. The predicted molar refractivity (Wildman–Crippen MR) is 121 cm³/mol. The number of benzene rings is 3. The summed E-state index contributed by atoms with van der Waals surface area (Å²) in [5, 5.41) is 10.8. The van der Waals surface area contributed by atoms with Crippen LogP contribution in [-0.4, -0.2) is 24.9 Å². The number of ether oxygens (including phenoxy) is 4. The maximum absolute atomic E-state index is 12.9. The van der Waals surface area contributed by atoms with Gasteiger partial charge in [0.2, 0.25) is 5.78 Å². The summed E-state index contributed by atoms with van der Waals surface area (Å²) < 4.78 is 22.2. The van der Waals surface area contributed by atoms with Crippen molar-refractivity contribution in [3.05, 3.63) is 92.7 Å². The van der Waals surface area contributed by atoms with Gasteiger partial charge in [0.25, 0.3) is 5.69 Å². The van der Waals surface area contributed by atoms with Gasteiger partial charge in [0.15, 0.2) is 17.3 Å². The largest absolute Gasteiger partial charge is 0.493 e. The number of fused-ring (bicyclic) bond motifs is 1. The molecule has 33 heavy (non-hydrogen) atoms. The third kappa shape index (κ3) is 4.50. The Balaban J connectivity index is 1.53. The average Bonchev–Trinajstić information content (AvgIpc) is 3.13. The van der Waals surface area contributed by atoms with Gasteiger partial charge in [0.05, 0.1) is 24.7 Å². The number of rotatable bonds is 7. The molecule has 0 saturated carbocycles. The van der Waals surface area contributed by atoms with Crippen LogP contribution in [-0.2, 0) is 6.61 Å². The molecule has 0 N–H and O–H groups in total. The fourth-order valence-electron chi connectivity index (χ4n) is 3.54.